The molecule has 4 rings (SSSR count). The molecule has 3 aromatic rings. The number of alkyl halides is 1. The van der Waals surface area contributed by atoms with E-state index in [2.05, 4.69) is 9.88 Å². The van der Waals surface area contributed by atoms with Crippen LogP contribution in [0.5, 0.6) is 11.5 Å². The van der Waals surface area contributed by atoms with Gasteiger partial charge in [-0.05, 0) is 62.4 Å². The number of benzene rings is 2. The van der Waals surface area contributed by atoms with E-state index in [9.17, 15) is 18.3 Å². The number of aliphatic hydroxyl groups is 1. The predicted octanol–water partition coefficient (Wildman–Crippen LogP) is 5.67. The van der Waals surface area contributed by atoms with Gasteiger partial charge >= 0.3 is 0 Å². The fraction of sp³-hybridized carbons (Fsp3) is 0.483. The van der Waals surface area contributed by atoms with Gasteiger partial charge in [0.05, 0.1) is 24.5 Å². The monoisotopic (exact) mass is 549 g/mol. The molecule has 2 aromatic carbocycles. The smallest absolute Gasteiger partial charge is 0.190 e. The number of aliphatic hydroxyl groups excluding tert-OH is 1. The highest BCUT2D eigenvalue weighted by Gasteiger charge is 2.35. The number of fused-ring (bicyclic) bond motifs is 1. The van der Waals surface area contributed by atoms with Crippen molar-refractivity contribution in [2.45, 2.75) is 31.9 Å². The third-order valence-electron chi connectivity index (χ3n) is 7.69. The maximum atomic E-state index is 16.0. The normalized spacial score (nSPS) is 16.3. The Morgan fingerprint density at radius 2 is 1.79 bits per heavy atom. The number of hydrogen-bond donors (Lipinski definition) is 1. The fourth-order valence-electron chi connectivity index (χ4n) is 5.25. The molecule has 0 unspecified atom stereocenters. The molecule has 1 atom stereocenters. The number of pyridine rings is 1. The largest absolute Gasteiger partial charge is 0.497 e. The summed E-state index contributed by atoms with van der Waals surface area (Å²) >= 11 is 0. The summed E-state index contributed by atoms with van der Waals surface area (Å²) in [7, 11) is 5.28. The zero-order valence-corrected chi connectivity index (χ0v) is 22.5. The molecule has 6 nitrogen and oxygen atoms in total. The van der Waals surface area contributed by atoms with E-state index in [4.69, 9.17) is 9.47 Å². The van der Waals surface area contributed by atoms with Crippen molar-refractivity contribution >= 4 is 16.6 Å². The molecule has 1 aromatic heterocycles. The lowest BCUT2D eigenvalue weighted by molar-refractivity contribution is 0.0263. The van der Waals surface area contributed by atoms with Crippen molar-refractivity contribution < 1.29 is 32.1 Å². The van der Waals surface area contributed by atoms with Crippen molar-refractivity contribution in [3.05, 3.63) is 59.5 Å². The summed E-state index contributed by atoms with van der Waals surface area (Å²) in [5, 5.41) is 11.0. The molecule has 0 saturated carbocycles. The van der Waals surface area contributed by atoms with Crippen LogP contribution in [0.1, 0.15) is 37.4 Å². The number of rotatable bonds is 11. The van der Waals surface area contributed by atoms with Crippen LogP contribution in [0, 0.1) is 22.9 Å². The Labute approximate surface area is 226 Å². The van der Waals surface area contributed by atoms with Crippen LogP contribution in [-0.2, 0) is 0 Å². The minimum absolute atomic E-state index is 0.0318. The highest BCUT2D eigenvalue weighted by molar-refractivity contribution is 5.88. The van der Waals surface area contributed by atoms with Crippen LogP contribution < -0.4 is 14.4 Å². The Morgan fingerprint density at radius 1 is 1.10 bits per heavy atom. The summed E-state index contributed by atoms with van der Waals surface area (Å²) in [6.07, 6.45) is 2.46. The van der Waals surface area contributed by atoms with Gasteiger partial charge in [0.25, 0.3) is 0 Å². The van der Waals surface area contributed by atoms with Crippen molar-refractivity contribution in [3.63, 3.8) is 0 Å². The minimum atomic E-state index is -1.27. The highest BCUT2D eigenvalue weighted by Crippen LogP contribution is 2.42. The lowest BCUT2D eigenvalue weighted by atomic mass is 9.74. The number of methoxy groups -OCH3 is 1. The summed E-state index contributed by atoms with van der Waals surface area (Å²) < 4.78 is 67.3. The summed E-state index contributed by atoms with van der Waals surface area (Å²) in [6.45, 7) is 1.66. The van der Waals surface area contributed by atoms with Crippen LogP contribution >= 0.6 is 0 Å². The Hall–Kier alpha value is -3.11. The second kappa shape index (κ2) is 12.4. The van der Waals surface area contributed by atoms with Gasteiger partial charge in [-0.15, -0.1) is 0 Å². The number of piperidine rings is 1. The summed E-state index contributed by atoms with van der Waals surface area (Å²) in [4.78, 5) is 8.41. The van der Waals surface area contributed by atoms with E-state index in [-0.39, 0.29) is 19.6 Å². The van der Waals surface area contributed by atoms with E-state index >= 15 is 4.39 Å². The number of hydrogen-bond acceptors (Lipinski definition) is 6. The first-order valence-corrected chi connectivity index (χ1v) is 13.0. The average Bonchev–Trinajstić information content (AvgIpc) is 2.92. The Morgan fingerprint density at radius 3 is 2.41 bits per heavy atom. The van der Waals surface area contributed by atoms with E-state index in [0.717, 1.165) is 0 Å². The maximum Gasteiger partial charge on any atom is 0.190 e. The molecule has 0 bridgehead atoms. The van der Waals surface area contributed by atoms with Crippen LogP contribution in [0.25, 0.3) is 10.9 Å². The number of likely N-dealkylation sites (tertiary alicyclic amines) is 1. The van der Waals surface area contributed by atoms with Gasteiger partial charge in [-0.25, -0.2) is 17.6 Å². The molecule has 0 spiro atoms. The van der Waals surface area contributed by atoms with Crippen LogP contribution in [0.2, 0.25) is 0 Å². The molecule has 212 valence electrons. The summed E-state index contributed by atoms with van der Waals surface area (Å²) in [5.74, 6) is -3.13. The van der Waals surface area contributed by atoms with Gasteiger partial charge < -0.3 is 19.5 Å². The lowest BCUT2D eigenvalue weighted by Crippen LogP contribution is -2.43. The molecule has 1 aliphatic rings. The lowest BCUT2D eigenvalue weighted by Gasteiger charge is -2.41. The third kappa shape index (κ3) is 6.55. The molecule has 2 heterocycles. The highest BCUT2D eigenvalue weighted by atomic mass is 19.1. The number of ether oxygens (including phenoxy) is 2. The van der Waals surface area contributed by atoms with Gasteiger partial charge in [-0.2, -0.15) is 0 Å². The van der Waals surface area contributed by atoms with Crippen molar-refractivity contribution in [2.24, 2.45) is 5.41 Å². The third-order valence-corrected chi connectivity index (χ3v) is 7.69. The van der Waals surface area contributed by atoms with Crippen LogP contribution in [0.3, 0.4) is 0 Å². The molecule has 39 heavy (non-hydrogen) atoms. The van der Waals surface area contributed by atoms with E-state index in [1.54, 1.807) is 19.4 Å². The van der Waals surface area contributed by atoms with Crippen LogP contribution in [0.4, 0.5) is 23.2 Å². The Kier molecular flexibility index (Phi) is 9.17. The second-order valence-electron chi connectivity index (χ2n) is 10.4. The zero-order valence-electron chi connectivity index (χ0n) is 22.5. The minimum Gasteiger partial charge on any atom is -0.497 e. The fourth-order valence-corrected chi connectivity index (χ4v) is 5.25. The van der Waals surface area contributed by atoms with Crippen molar-refractivity contribution in [1.82, 2.24) is 9.88 Å². The first-order valence-electron chi connectivity index (χ1n) is 13.0. The number of aromatic nitrogens is 1. The molecule has 0 radical (unpaired) electrons. The van der Waals surface area contributed by atoms with Crippen molar-refractivity contribution in [2.75, 3.05) is 59.0 Å². The molecular weight excluding hydrogens is 514 g/mol. The van der Waals surface area contributed by atoms with Crippen LogP contribution in [0.15, 0.2) is 36.5 Å². The molecule has 0 amide bonds. The Balaban J connectivity index is 1.38. The molecule has 1 fully saturated rings. The zero-order chi connectivity index (χ0) is 28.2. The van der Waals surface area contributed by atoms with E-state index in [0.29, 0.717) is 78.9 Å². The van der Waals surface area contributed by atoms with Gasteiger partial charge in [0.1, 0.15) is 24.3 Å². The number of halogens is 4. The van der Waals surface area contributed by atoms with Gasteiger partial charge in [-0.3, -0.25) is 9.88 Å². The van der Waals surface area contributed by atoms with E-state index in [1.807, 2.05) is 31.1 Å². The molecule has 1 N–H and O–H groups in total. The first-order chi connectivity index (χ1) is 18.7. The maximum absolute atomic E-state index is 16.0. The molecule has 10 heteroatoms. The predicted molar refractivity (Wildman–Crippen MR) is 143 cm³/mol. The molecule has 0 aliphatic carbocycles. The van der Waals surface area contributed by atoms with Crippen molar-refractivity contribution in [1.29, 1.82) is 0 Å². The second-order valence-corrected chi connectivity index (χ2v) is 10.4. The van der Waals surface area contributed by atoms with E-state index in [1.165, 1.54) is 0 Å². The number of anilines is 1. The van der Waals surface area contributed by atoms with Gasteiger partial charge in [0, 0.05) is 50.3 Å². The summed E-state index contributed by atoms with van der Waals surface area (Å²) in [6, 6.07) is 6.59. The number of nitrogens with zero attached hydrogens (tertiary/aromatic N) is 3. The van der Waals surface area contributed by atoms with Gasteiger partial charge in [0.15, 0.2) is 17.4 Å². The van der Waals surface area contributed by atoms with Crippen molar-refractivity contribution in [3.8, 4) is 11.5 Å². The van der Waals surface area contributed by atoms with Gasteiger partial charge in [-0.1, -0.05) is 0 Å². The SMILES string of the molecule is COc1ccc2ncc(N(C)C)c([C@H](F)CCC3(CO)CCN(CCOc4c(F)cc(F)cc4F)CC3)c2c1. The quantitative estimate of drug-likeness (QED) is 0.311. The molecular formula is C29H35F4N3O3. The first kappa shape index (κ1) is 28.9. The average molecular weight is 550 g/mol. The van der Waals surface area contributed by atoms with Crippen LogP contribution in [-0.4, -0.2) is 69.0 Å². The Bertz CT molecular complexity index is 1260. The molecule has 1 saturated heterocycles. The van der Waals surface area contributed by atoms with Gasteiger partial charge in [0.2, 0.25) is 0 Å². The topological polar surface area (TPSA) is 58.1 Å². The molecule has 1 aliphatic heterocycles. The standard InChI is InChI=1S/C29H35F4N3O3/c1-35(2)26-17-34-25-5-4-20(38-3)16-21(25)27(26)22(31)6-7-29(18-37)8-10-36(11-9-29)12-13-39-28-23(32)14-19(30)15-24(28)33/h4-5,14-17,22,37H,6-13,18H2,1-3H3/t22-/m1/s1. The summed E-state index contributed by atoms with van der Waals surface area (Å²) in [5.41, 5.74) is 1.53. The van der Waals surface area contributed by atoms with E-state index < -0.39 is 34.8 Å².